The first-order chi connectivity index (χ1) is 9.09. The van der Waals surface area contributed by atoms with E-state index in [1.807, 2.05) is 19.1 Å². The van der Waals surface area contributed by atoms with Crippen molar-refractivity contribution in [2.75, 3.05) is 5.73 Å². The highest BCUT2D eigenvalue weighted by Gasteiger charge is 2.11. The van der Waals surface area contributed by atoms with Gasteiger partial charge in [-0.15, -0.1) is 0 Å². The fourth-order valence-corrected chi connectivity index (χ4v) is 1.72. The fourth-order valence-electron chi connectivity index (χ4n) is 1.72. The van der Waals surface area contributed by atoms with Crippen LogP contribution in [0.1, 0.15) is 21.5 Å². The summed E-state index contributed by atoms with van der Waals surface area (Å²) < 4.78 is 13.4. The van der Waals surface area contributed by atoms with Crippen LogP contribution >= 0.6 is 0 Å². The molecule has 0 radical (unpaired) electrons. The molecule has 1 aromatic carbocycles. The van der Waals surface area contributed by atoms with Crippen molar-refractivity contribution < 1.29 is 9.18 Å². The number of nitrogens with zero attached hydrogens (tertiary/aromatic N) is 1. The summed E-state index contributed by atoms with van der Waals surface area (Å²) >= 11 is 0. The van der Waals surface area contributed by atoms with Gasteiger partial charge in [-0.25, -0.2) is 4.39 Å². The van der Waals surface area contributed by atoms with Crippen LogP contribution < -0.4 is 11.1 Å². The van der Waals surface area contributed by atoms with Gasteiger partial charge < -0.3 is 11.1 Å². The summed E-state index contributed by atoms with van der Waals surface area (Å²) in [4.78, 5) is 15.4. The lowest BCUT2D eigenvalue weighted by Gasteiger charge is -2.10. The molecule has 0 aliphatic heterocycles. The van der Waals surface area contributed by atoms with Gasteiger partial charge in [-0.3, -0.25) is 9.78 Å². The quantitative estimate of drug-likeness (QED) is 0.829. The number of hydrogen-bond donors (Lipinski definition) is 2. The minimum Gasteiger partial charge on any atom is -0.399 e. The van der Waals surface area contributed by atoms with Gasteiger partial charge in [-0.2, -0.15) is 0 Å². The molecule has 0 bridgehead atoms. The van der Waals surface area contributed by atoms with Crippen LogP contribution in [-0.2, 0) is 6.54 Å². The summed E-state index contributed by atoms with van der Waals surface area (Å²) in [5.74, 6) is -1.11. The van der Waals surface area contributed by atoms with E-state index < -0.39 is 11.7 Å². The van der Waals surface area contributed by atoms with Crippen LogP contribution in [0.4, 0.5) is 10.1 Å². The molecule has 0 saturated heterocycles. The third-order valence-corrected chi connectivity index (χ3v) is 2.94. The van der Waals surface area contributed by atoms with Gasteiger partial charge in [0.2, 0.25) is 0 Å². The molecule has 98 valence electrons. The zero-order valence-corrected chi connectivity index (χ0v) is 10.5. The number of nitrogen functional groups attached to an aromatic ring is 1. The minimum absolute atomic E-state index is 0.0171. The number of nitrogens with two attached hydrogens (primary N) is 1. The van der Waals surface area contributed by atoms with Gasteiger partial charge >= 0.3 is 0 Å². The predicted molar refractivity (Wildman–Crippen MR) is 71.0 cm³/mol. The second kappa shape index (κ2) is 5.48. The summed E-state index contributed by atoms with van der Waals surface area (Å²) in [7, 11) is 0. The number of pyridine rings is 1. The second-order valence-electron chi connectivity index (χ2n) is 4.17. The van der Waals surface area contributed by atoms with E-state index in [-0.39, 0.29) is 5.56 Å². The fraction of sp³-hybridized carbons (Fsp3) is 0.143. The summed E-state index contributed by atoms with van der Waals surface area (Å²) in [5, 5.41) is 2.66. The smallest absolute Gasteiger partial charge is 0.254 e. The third kappa shape index (κ3) is 2.88. The molecule has 0 aliphatic carbocycles. The minimum atomic E-state index is -0.635. The standard InChI is InChI=1S/C14H14FN3O/c1-9-10(3-2-4-13(9)16)7-18-14(19)11-5-6-17-8-12(11)15/h2-6,8H,7,16H2,1H3,(H,18,19). The molecule has 3 N–H and O–H groups in total. The number of nitrogens with one attached hydrogen (secondary N) is 1. The average molecular weight is 259 g/mol. The average Bonchev–Trinajstić information content (AvgIpc) is 2.40. The monoisotopic (exact) mass is 259 g/mol. The summed E-state index contributed by atoms with van der Waals surface area (Å²) in [5.41, 5.74) is 8.25. The number of aromatic nitrogens is 1. The van der Waals surface area contributed by atoms with E-state index in [2.05, 4.69) is 10.3 Å². The molecule has 2 aromatic rings. The topological polar surface area (TPSA) is 68.0 Å². The van der Waals surface area contributed by atoms with Crippen LogP contribution in [0.3, 0.4) is 0 Å². The van der Waals surface area contributed by atoms with Crippen LogP contribution in [0.25, 0.3) is 0 Å². The molecular formula is C14H14FN3O. The molecule has 1 amide bonds. The first-order valence-corrected chi connectivity index (χ1v) is 5.81. The van der Waals surface area contributed by atoms with Crippen molar-refractivity contribution in [3.05, 3.63) is 59.2 Å². The van der Waals surface area contributed by atoms with Gasteiger partial charge in [-0.05, 0) is 30.2 Å². The number of rotatable bonds is 3. The molecule has 0 unspecified atom stereocenters. The summed E-state index contributed by atoms with van der Waals surface area (Å²) in [6.45, 7) is 2.18. The Kier molecular flexibility index (Phi) is 3.75. The molecule has 4 nitrogen and oxygen atoms in total. The molecule has 0 atom stereocenters. The van der Waals surface area contributed by atoms with Crippen LogP contribution in [0, 0.1) is 12.7 Å². The van der Waals surface area contributed by atoms with Crippen molar-refractivity contribution >= 4 is 11.6 Å². The Bertz CT molecular complexity index is 613. The van der Waals surface area contributed by atoms with Gasteiger partial charge in [0.1, 0.15) is 0 Å². The number of benzene rings is 1. The summed E-state index contributed by atoms with van der Waals surface area (Å²) in [6, 6.07) is 6.83. The van der Waals surface area contributed by atoms with Crippen molar-refractivity contribution in [1.29, 1.82) is 0 Å². The Labute approximate surface area is 110 Å². The Morgan fingerprint density at radius 2 is 2.21 bits per heavy atom. The van der Waals surface area contributed by atoms with E-state index in [4.69, 9.17) is 5.73 Å². The van der Waals surface area contributed by atoms with Crippen LogP contribution in [0.15, 0.2) is 36.7 Å². The van der Waals surface area contributed by atoms with Gasteiger partial charge in [0.25, 0.3) is 5.91 Å². The molecule has 0 aliphatic rings. The van der Waals surface area contributed by atoms with Crippen molar-refractivity contribution in [2.45, 2.75) is 13.5 Å². The molecule has 1 aromatic heterocycles. The molecule has 0 fully saturated rings. The van der Waals surface area contributed by atoms with E-state index >= 15 is 0 Å². The third-order valence-electron chi connectivity index (χ3n) is 2.94. The maximum absolute atomic E-state index is 13.4. The zero-order valence-electron chi connectivity index (χ0n) is 10.5. The molecule has 0 spiro atoms. The molecule has 1 heterocycles. The lowest BCUT2D eigenvalue weighted by Crippen LogP contribution is -2.24. The number of hydrogen-bond acceptors (Lipinski definition) is 3. The van der Waals surface area contributed by atoms with Gasteiger partial charge in [-0.1, -0.05) is 12.1 Å². The first kappa shape index (κ1) is 13.0. The van der Waals surface area contributed by atoms with Gasteiger partial charge in [0, 0.05) is 18.4 Å². The van der Waals surface area contributed by atoms with Crippen LogP contribution in [0.2, 0.25) is 0 Å². The Morgan fingerprint density at radius 3 is 2.95 bits per heavy atom. The highest BCUT2D eigenvalue weighted by Crippen LogP contribution is 2.15. The number of anilines is 1. The first-order valence-electron chi connectivity index (χ1n) is 5.81. The lowest BCUT2D eigenvalue weighted by molar-refractivity contribution is 0.0946. The normalized spacial score (nSPS) is 10.2. The molecule has 0 saturated carbocycles. The van der Waals surface area contributed by atoms with Crippen molar-refractivity contribution in [2.24, 2.45) is 0 Å². The Balaban J connectivity index is 2.09. The predicted octanol–water partition coefficient (Wildman–Crippen LogP) is 2.04. The number of carbonyl (C=O) groups excluding carboxylic acids is 1. The number of halogens is 1. The van der Waals surface area contributed by atoms with E-state index in [1.54, 1.807) is 6.07 Å². The van der Waals surface area contributed by atoms with E-state index in [0.717, 1.165) is 17.3 Å². The Morgan fingerprint density at radius 1 is 1.42 bits per heavy atom. The SMILES string of the molecule is Cc1c(N)cccc1CNC(=O)c1ccncc1F. The highest BCUT2D eigenvalue weighted by atomic mass is 19.1. The molecule has 5 heteroatoms. The van der Waals surface area contributed by atoms with Crippen LogP contribution in [-0.4, -0.2) is 10.9 Å². The Hall–Kier alpha value is -2.43. The van der Waals surface area contributed by atoms with Crippen molar-refractivity contribution in [3.63, 3.8) is 0 Å². The van der Waals surface area contributed by atoms with Crippen LogP contribution in [0.5, 0.6) is 0 Å². The van der Waals surface area contributed by atoms with E-state index in [0.29, 0.717) is 12.2 Å². The van der Waals surface area contributed by atoms with E-state index in [1.165, 1.54) is 12.3 Å². The van der Waals surface area contributed by atoms with Gasteiger partial charge in [0.15, 0.2) is 5.82 Å². The lowest BCUT2D eigenvalue weighted by atomic mass is 10.1. The molecular weight excluding hydrogens is 245 g/mol. The van der Waals surface area contributed by atoms with Crippen molar-refractivity contribution in [3.8, 4) is 0 Å². The highest BCUT2D eigenvalue weighted by molar-refractivity contribution is 5.94. The molecule has 2 rings (SSSR count). The maximum atomic E-state index is 13.4. The second-order valence-corrected chi connectivity index (χ2v) is 4.17. The van der Waals surface area contributed by atoms with Gasteiger partial charge in [0.05, 0.1) is 11.8 Å². The van der Waals surface area contributed by atoms with Crippen molar-refractivity contribution in [1.82, 2.24) is 10.3 Å². The summed E-state index contributed by atoms with van der Waals surface area (Å²) in [6.07, 6.45) is 2.39. The molecule has 19 heavy (non-hydrogen) atoms. The largest absolute Gasteiger partial charge is 0.399 e. The zero-order chi connectivity index (χ0) is 13.8. The number of amides is 1. The van der Waals surface area contributed by atoms with E-state index in [9.17, 15) is 9.18 Å². The maximum Gasteiger partial charge on any atom is 0.254 e. The number of carbonyl (C=O) groups is 1.